The SMILES string of the molecule is CCCCOC(=O)c1c(OC)cccc1OCCC. The van der Waals surface area contributed by atoms with E-state index in [-0.39, 0.29) is 0 Å². The van der Waals surface area contributed by atoms with Crippen LogP contribution in [0.3, 0.4) is 0 Å². The first-order valence-corrected chi connectivity index (χ1v) is 6.71. The highest BCUT2D eigenvalue weighted by atomic mass is 16.5. The Morgan fingerprint density at radius 1 is 1.11 bits per heavy atom. The summed E-state index contributed by atoms with van der Waals surface area (Å²) in [5.74, 6) is 0.606. The summed E-state index contributed by atoms with van der Waals surface area (Å²) in [5.41, 5.74) is 0.370. The van der Waals surface area contributed by atoms with Gasteiger partial charge in [0, 0.05) is 0 Å². The molecule has 0 atom stereocenters. The van der Waals surface area contributed by atoms with Crippen molar-refractivity contribution >= 4 is 5.97 Å². The standard InChI is InChI=1S/C15H22O4/c1-4-6-11-19-15(16)14-12(17-3)8-7-9-13(14)18-10-5-2/h7-9H,4-6,10-11H2,1-3H3. The number of hydrogen-bond acceptors (Lipinski definition) is 4. The Morgan fingerprint density at radius 2 is 1.84 bits per heavy atom. The molecule has 0 amide bonds. The van der Waals surface area contributed by atoms with E-state index in [1.54, 1.807) is 18.2 Å². The molecule has 0 saturated carbocycles. The van der Waals surface area contributed by atoms with E-state index in [9.17, 15) is 4.79 Å². The van der Waals surface area contributed by atoms with Crippen LogP contribution in [0.25, 0.3) is 0 Å². The molecule has 1 aromatic carbocycles. The Morgan fingerprint density at radius 3 is 2.47 bits per heavy atom. The quantitative estimate of drug-likeness (QED) is 0.534. The zero-order valence-corrected chi connectivity index (χ0v) is 11.9. The van der Waals surface area contributed by atoms with Crippen LogP contribution in [0.5, 0.6) is 11.5 Å². The summed E-state index contributed by atoms with van der Waals surface area (Å²) >= 11 is 0. The number of carbonyl (C=O) groups excluding carboxylic acids is 1. The van der Waals surface area contributed by atoms with Gasteiger partial charge in [0.25, 0.3) is 0 Å². The van der Waals surface area contributed by atoms with Gasteiger partial charge in [0.1, 0.15) is 17.1 Å². The van der Waals surface area contributed by atoms with E-state index in [0.717, 1.165) is 19.3 Å². The molecule has 106 valence electrons. The minimum Gasteiger partial charge on any atom is -0.496 e. The van der Waals surface area contributed by atoms with E-state index in [1.165, 1.54) is 7.11 Å². The number of hydrogen-bond donors (Lipinski definition) is 0. The molecule has 0 saturated heterocycles. The number of carbonyl (C=O) groups is 1. The summed E-state index contributed by atoms with van der Waals surface area (Å²) < 4.78 is 16.0. The molecule has 4 nitrogen and oxygen atoms in total. The van der Waals surface area contributed by atoms with E-state index < -0.39 is 5.97 Å². The van der Waals surface area contributed by atoms with Crippen molar-refractivity contribution in [2.24, 2.45) is 0 Å². The maximum atomic E-state index is 12.1. The van der Waals surface area contributed by atoms with Gasteiger partial charge in [-0.1, -0.05) is 26.3 Å². The minimum absolute atomic E-state index is 0.370. The van der Waals surface area contributed by atoms with E-state index in [0.29, 0.717) is 30.3 Å². The highest BCUT2D eigenvalue weighted by molar-refractivity contribution is 5.95. The molecular weight excluding hydrogens is 244 g/mol. The first-order chi connectivity index (χ1) is 9.24. The molecule has 0 unspecified atom stereocenters. The second-order valence-corrected chi connectivity index (χ2v) is 4.17. The van der Waals surface area contributed by atoms with Crippen molar-refractivity contribution in [1.29, 1.82) is 0 Å². The van der Waals surface area contributed by atoms with Crippen molar-refractivity contribution in [3.8, 4) is 11.5 Å². The lowest BCUT2D eigenvalue weighted by Crippen LogP contribution is -2.11. The topological polar surface area (TPSA) is 44.8 Å². The van der Waals surface area contributed by atoms with Crippen LogP contribution < -0.4 is 9.47 Å². The molecule has 0 aliphatic carbocycles. The van der Waals surface area contributed by atoms with Gasteiger partial charge in [0.2, 0.25) is 0 Å². The fourth-order valence-electron chi connectivity index (χ4n) is 1.60. The Kier molecular flexibility index (Phi) is 6.79. The van der Waals surface area contributed by atoms with Gasteiger partial charge < -0.3 is 14.2 Å². The molecular formula is C15H22O4. The Labute approximate surface area is 114 Å². The smallest absolute Gasteiger partial charge is 0.345 e. The average molecular weight is 266 g/mol. The first-order valence-electron chi connectivity index (χ1n) is 6.71. The van der Waals surface area contributed by atoms with Gasteiger partial charge in [-0.05, 0) is 25.0 Å². The Bertz CT molecular complexity index is 401. The molecule has 0 aromatic heterocycles. The van der Waals surface area contributed by atoms with Crippen LogP contribution in [0.15, 0.2) is 18.2 Å². The Hall–Kier alpha value is -1.71. The van der Waals surface area contributed by atoms with Gasteiger partial charge in [-0.25, -0.2) is 4.79 Å². The molecule has 0 radical (unpaired) electrons. The zero-order chi connectivity index (χ0) is 14.1. The van der Waals surface area contributed by atoms with Gasteiger partial charge in [-0.3, -0.25) is 0 Å². The van der Waals surface area contributed by atoms with Crippen molar-refractivity contribution < 1.29 is 19.0 Å². The lowest BCUT2D eigenvalue weighted by atomic mass is 10.1. The molecule has 1 rings (SSSR count). The first kappa shape index (κ1) is 15.3. The lowest BCUT2D eigenvalue weighted by molar-refractivity contribution is 0.0491. The molecule has 4 heteroatoms. The summed E-state index contributed by atoms with van der Waals surface area (Å²) in [7, 11) is 1.53. The normalized spacial score (nSPS) is 10.1. The number of ether oxygens (including phenoxy) is 3. The summed E-state index contributed by atoms with van der Waals surface area (Å²) in [5, 5.41) is 0. The van der Waals surface area contributed by atoms with E-state index in [4.69, 9.17) is 14.2 Å². The number of esters is 1. The number of unbranched alkanes of at least 4 members (excludes halogenated alkanes) is 1. The second-order valence-electron chi connectivity index (χ2n) is 4.17. The third kappa shape index (κ3) is 4.47. The van der Waals surface area contributed by atoms with Crippen LogP contribution in [0.4, 0.5) is 0 Å². The van der Waals surface area contributed by atoms with Crippen LogP contribution >= 0.6 is 0 Å². The van der Waals surface area contributed by atoms with E-state index >= 15 is 0 Å². The molecule has 0 bridgehead atoms. The van der Waals surface area contributed by atoms with E-state index in [2.05, 4.69) is 0 Å². The lowest BCUT2D eigenvalue weighted by Gasteiger charge is -2.13. The van der Waals surface area contributed by atoms with Crippen molar-refractivity contribution in [1.82, 2.24) is 0 Å². The van der Waals surface area contributed by atoms with Gasteiger partial charge in [-0.15, -0.1) is 0 Å². The molecule has 19 heavy (non-hydrogen) atoms. The van der Waals surface area contributed by atoms with Gasteiger partial charge in [-0.2, -0.15) is 0 Å². The predicted octanol–water partition coefficient (Wildman–Crippen LogP) is 3.44. The summed E-state index contributed by atoms with van der Waals surface area (Å²) in [4.78, 5) is 12.1. The molecule has 0 spiro atoms. The Balaban J connectivity index is 2.90. The average Bonchev–Trinajstić information content (AvgIpc) is 2.44. The summed E-state index contributed by atoms with van der Waals surface area (Å²) in [6.07, 6.45) is 2.71. The van der Waals surface area contributed by atoms with Crippen LogP contribution in [0.1, 0.15) is 43.5 Å². The third-order valence-electron chi connectivity index (χ3n) is 2.60. The molecule has 0 N–H and O–H groups in total. The zero-order valence-electron chi connectivity index (χ0n) is 11.9. The summed E-state index contributed by atoms with van der Waals surface area (Å²) in [6, 6.07) is 5.29. The maximum absolute atomic E-state index is 12.1. The largest absolute Gasteiger partial charge is 0.496 e. The predicted molar refractivity (Wildman–Crippen MR) is 74.0 cm³/mol. The summed E-state index contributed by atoms with van der Waals surface area (Å²) in [6.45, 7) is 5.04. The van der Waals surface area contributed by atoms with Crippen molar-refractivity contribution in [3.05, 3.63) is 23.8 Å². The third-order valence-corrected chi connectivity index (χ3v) is 2.60. The molecule has 0 heterocycles. The molecule has 0 aliphatic heterocycles. The fraction of sp³-hybridized carbons (Fsp3) is 0.533. The molecule has 1 aromatic rings. The highest BCUT2D eigenvalue weighted by Gasteiger charge is 2.19. The number of rotatable bonds is 8. The fourth-order valence-corrected chi connectivity index (χ4v) is 1.60. The minimum atomic E-state index is -0.392. The number of benzene rings is 1. The van der Waals surface area contributed by atoms with Crippen LogP contribution in [-0.4, -0.2) is 26.3 Å². The molecule has 0 fully saturated rings. The van der Waals surface area contributed by atoms with Gasteiger partial charge in [0.05, 0.1) is 20.3 Å². The van der Waals surface area contributed by atoms with E-state index in [1.807, 2.05) is 13.8 Å². The van der Waals surface area contributed by atoms with Crippen LogP contribution in [0.2, 0.25) is 0 Å². The van der Waals surface area contributed by atoms with Gasteiger partial charge >= 0.3 is 5.97 Å². The monoisotopic (exact) mass is 266 g/mol. The van der Waals surface area contributed by atoms with Crippen LogP contribution in [0, 0.1) is 0 Å². The van der Waals surface area contributed by atoms with Crippen molar-refractivity contribution in [2.45, 2.75) is 33.1 Å². The molecule has 0 aliphatic rings. The second kappa shape index (κ2) is 8.40. The highest BCUT2D eigenvalue weighted by Crippen LogP contribution is 2.29. The van der Waals surface area contributed by atoms with Crippen molar-refractivity contribution in [2.75, 3.05) is 20.3 Å². The van der Waals surface area contributed by atoms with Crippen LogP contribution in [-0.2, 0) is 4.74 Å². The van der Waals surface area contributed by atoms with Gasteiger partial charge in [0.15, 0.2) is 0 Å². The number of methoxy groups -OCH3 is 1. The maximum Gasteiger partial charge on any atom is 0.345 e. The van der Waals surface area contributed by atoms with Crippen molar-refractivity contribution in [3.63, 3.8) is 0 Å².